The van der Waals surface area contributed by atoms with Gasteiger partial charge in [-0.15, -0.1) is 0 Å². The Morgan fingerprint density at radius 2 is 1.69 bits per heavy atom. The van der Waals surface area contributed by atoms with Crippen molar-refractivity contribution in [1.82, 2.24) is 5.32 Å². The Labute approximate surface area is 211 Å². The highest BCUT2D eigenvalue weighted by atomic mass is 16.6. The minimum atomic E-state index is -1.67. The molecule has 2 atom stereocenters. The van der Waals surface area contributed by atoms with Crippen molar-refractivity contribution in [1.29, 1.82) is 0 Å². The third kappa shape index (κ3) is 10.3. The fourth-order valence-corrected chi connectivity index (χ4v) is 3.71. The number of carbonyl (C=O) groups excluding carboxylic acids is 2. The number of unbranched alkanes of at least 4 members (excludes halogenated alkanes) is 3. The zero-order chi connectivity index (χ0) is 26.2. The summed E-state index contributed by atoms with van der Waals surface area (Å²) in [6, 6.07) is 14.7. The SMILES string of the molecule is CCOC(=O)CO[C@@H](C(=O)O)[C@@H](OCCCCO)C(=O)NCCCCCc1ccc2ccccc2c1. The number of aliphatic hydroxyl groups is 1. The van der Waals surface area contributed by atoms with E-state index < -0.39 is 36.7 Å². The Kier molecular flexibility index (Phi) is 13.5. The number of amides is 1. The van der Waals surface area contributed by atoms with Crippen LogP contribution in [0.5, 0.6) is 0 Å². The summed E-state index contributed by atoms with van der Waals surface area (Å²) in [4.78, 5) is 36.1. The van der Waals surface area contributed by atoms with E-state index in [2.05, 4.69) is 35.6 Å². The second kappa shape index (κ2) is 16.6. The van der Waals surface area contributed by atoms with E-state index >= 15 is 0 Å². The number of ether oxygens (including phenoxy) is 3. The van der Waals surface area contributed by atoms with Crippen LogP contribution in [0.25, 0.3) is 10.8 Å². The summed E-state index contributed by atoms with van der Waals surface area (Å²) in [5, 5.41) is 23.7. The van der Waals surface area contributed by atoms with Crippen LogP contribution in [0.15, 0.2) is 42.5 Å². The maximum absolute atomic E-state index is 12.8. The zero-order valence-corrected chi connectivity index (χ0v) is 20.8. The second-order valence-electron chi connectivity index (χ2n) is 8.38. The van der Waals surface area contributed by atoms with Gasteiger partial charge in [-0.3, -0.25) is 4.79 Å². The first-order valence-electron chi connectivity index (χ1n) is 12.4. The molecule has 0 bridgehead atoms. The fourth-order valence-electron chi connectivity index (χ4n) is 3.71. The summed E-state index contributed by atoms with van der Waals surface area (Å²) in [6.07, 6.45) is 1.28. The summed E-state index contributed by atoms with van der Waals surface area (Å²) in [5.41, 5.74) is 1.26. The van der Waals surface area contributed by atoms with Crippen LogP contribution in [0.3, 0.4) is 0 Å². The van der Waals surface area contributed by atoms with E-state index in [1.165, 1.54) is 16.3 Å². The van der Waals surface area contributed by atoms with E-state index in [9.17, 15) is 19.5 Å². The van der Waals surface area contributed by atoms with Gasteiger partial charge in [0.1, 0.15) is 6.61 Å². The lowest BCUT2D eigenvalue weighted by atomic mass is 10.0. The Bertz CT molecular complexity index is 964. The number of aliphatic carboxylic acids is 1. The van der Waals surface area contributed by atoms with E-state index in [4.69, 9.17) is 19.3 Å². The largest absolute Gasteiger partial charge is 0.479 e. The van der Waals surface area contributed by atoms with Crippen molar-refractivity contribution in [2.75, 3.05) is 33.0 Å². The lowest BCUT2D eigenvalue weighted by Crippen LogP contribution is -2.49. The first kappa shape index (κ1) is 29.2. The molecule has 0 aromatic heterocycles. The molecule has 0 unspecified atom stereocenters. The first-order chi connectivity index (χ1) is 17.5. The number of carboxylic acids is 1. The Morgan fingerprint density at radius 1 is 0.917 bits per heavy atom. The van der Waals surface area contributed by atoms with Gasteiger partial charge in [0, 0.05) is 19.8 Å². The number of nitrogens with one attached hydrogen (secondary N) is 1. The molecule has 0 fully saturated rings. The zero-order valence-electron chi connectivity index (χ0n) is 20.8. The van der Waals surface area contributed by atoms with E-state index in [-0.39, 0.29) is 19.8 Å². The van der Waals surface area contributed by atoms with Gasteiger partial charge >= 0.3 is 11.9 Å². The maximum Gasteiger partial charge on any atom is 0.336 e. The minimum Gasteiger partial charge on any atom is -0.479 e. The summed E-state index contributed by atoms with van der Waals surface area (Å²) < 4.78 is 15.4. The van der Waals surface area contributed by atoms with E-state index in [1.54, 1.807) is 6.92 Å². The molecule has 3 N–H and O–H groups in total. The normalized spacial score (nSPS) is 12.7. The molecular weight excluding hydrogens is 466 g/mol. The molecule has 2 aromatic rings. The molecule has 0 spiro atoms. The molecule has 0 saturated heterocycles. The Morgan fingerprint density at radius 3 is 2.42 bits per heavy atom. The number of benzene rings is 2. The first-order valence-corrected chi connectivity index (χ1v) is 12.4. The van der Waals surface area contributed by atoms with Gasteiger partial charge in [-0.05, 0) is 55.4 Å². The molecule has 198 valence electrons. The number of hydrogen-bond donors (Lipinski definition) is 3. The van der Waals surface area contributed by atoms with Crippen LogP contribution in [0.1, 0.15) is 44.6 Å². The maximum atomic E-state index is 12.8. The predicted octanol–water partition coefficient (Wildman–Crippen LogP) is 2.86. The average molecular weight is 504 g/mol. The minimum absolute atomic E-state index is 0.0405. The molecule has 0 saturated carbocycles. The third-order valence-electron chi connectivity index (χ3n) is 5.57. The molecule has 2 rings (SSSR count). The second-order valence-corrected chi connectivity index (χ2v) is 8.38. The van der Waals surface area contributed by atoms with Gasteiger partial charge in [-0.25, -0.2) is 9.59 Å². The smallest absolute Gasteiger partial charge is 0.336 e. The van der Waals surface area contributed by atoms with Crippen molar-refractivity contribution in [2.24, 2.45) is 0 Å². The van der Waals surface area contributed by atoms with Gasteiger partial charge in [0.2, 0.25) is 0 Å². The van der Waals surface area contributed by atoms with Gasteiger partial charge in [0.15, 0.2) is 12.2 Å². The lowest BCUT2D eigenvalue weighted by Gasteiger charge is -2.23. The van der Waals surface area contributed by atoms with Gasteiger partial charge in [-0.2, -0.15) is 0 Å². The molecule has 36 heavy (non-hydrogen) atoms. The van der Waals surface area contributed by atoms with E-state index in [0.717, 1.165) is 25.7 Å². The number of esters is 1. The molecular formula is C27H37NO8. The molecule has 0 aliphatic carbocycles. The molecule has 9 nitrogen and oxygen atoms in total. The Balaban J connectivity index is 1.82. The lowest BCUT2D eigenvalue weighted by molar-refractivity contribution is -0.174. The standard InChI is InChI=1S/C27H37NO8/c1-2-34-23(30)19-36-25(27(32)33)24(35-17-9-8-16-29)26(31)28-15-7-3-4-10-20-13-14-21-11-5-6-12-22(21)18-20/h5-6,11-14,18,24-25,29H,2-4,7-10,15-17,19H2,1H3,(H,28,31)(H,32,33)/t24-,25-/m1/s1. The third-order valence-corrected chi connectivity index (χ3v) is 5.57. The number of carbonyl (C=O) groups is 3. The summed E-state index contributed by atoms with van der Waals surface area (Å²) >= 11 is 0. The summed E-state index contributed by atoms with van der Waals surface area (Å²) in [7, 11) is 0. The number of carboxylic acid groups (broad SMARTS) is 1. The van der Waals surface area contributed by atoms with Crippen LogP contribution >= 0.6 is 0 Å². The molecule has 0 aliphatic rings. The van der Waals surface area contributed by atoms with Crippen molar-refractivity contribution >= 4 is 28.6 Å². The van der Waals surface area contributed by atoms with Gasteiger partial charge < -0.3 is 29.7 Å². The molecule has 0 heterocycles. The highest BCUT2D eigenvalue weighted by molar-refractivity contribution is 5.88. The number of aliphatic hydroxyl groups excluding tert-OH is 1. The van der Waals surface area contributed by atoms with Crippen LogP contribution < -0.4 is 5.32 Å². The van der Waals surface area contributed by atoms with Gasteiger partial charge in [-0.1, -0.05) is 48.9 Å². The van der Waals surface area contributed by atoms with Crippen LogP contribution in [0, 0.1) is 0 Å². The molecule has 2 aromatic carbocycles. The molecule has 1 amide bonds. The van der Waals surface area contributed by atoms with Gasteiger partial charge in [0.25, 0.3) is 5.91 Å². The van der Waals surface area contributed by atoms with Crippen LogP contribution in [-0.4, -0.2) is 73.2 Å². The Hall–Kier alpha value is -3.01. The number of hydrogen-bond acceptors (Lipinski definition) is 7. The predicted molar refractivity (Wildman–Crippen MR) is 135 cm³/mol. The molecule has 0 aliphatic heterocycles. The fraction of sp³-hybridized carbons (Fsp3) is 0.519. The number of fused-ring (bicyclic) bond motifs is 1. The van der Waals surface area contributed by atoms with E-state index in [0.29, 0.717) is 19.4 Å². The van der Waals surface area contributed by atoms with Crippen molar-refractivity contribution < 1.29 is 38.8 Å². The van der Waals surface area contributed by atoms with Crippen LogP contribution in [-0.2, 0) is 35.0 Å². The molecule has 0 radical (unpaired) electrons. The van der Waals surface area contributed by atoms with Crippen LogP contribution in [0.4, 0.5) is 0 Å². The highest BCUT2D eigenvalue weighted by Crippen LogP contribution is 2.17. The van der Waals surface area contributed by atoms with Crippen molar-refractivity contribution in [3.8, 4) is 0 Å². The van der Waals surface area contributed by atoms with Gasteiger partial charge in [0.05, 0.1) is 6.61 Å². The monoisotopic (exact) mass is 503 g/mol. The van der Waals surface area contributed by atoms with Crippen molar-refractivity contribution in [2.45, 2.75) is 57.7 Å². The highest BCUT2D eigenvalue weighted by Gasteiger charge is 2.36. The number of rotatable bonds is 18. The molecule has 9 heteroatoms. The topological polar surface area (TPSA) is 131 Å². The van der Waals surface area contributed by atoms with Crippen LogP contribution in [0.2, 0.25) is 0 Å². The van der Waals surface area contributed by atoms with Crippen molar-refractivity contribution in [3.63, 3.8) is 0 Å². The van der Waals surface area contributed by atoms with E-state index in [1.807, 2.05) is 12.1 Å². The summed E-state index contributed by atoms with van der Waals surface area (Å²) in [6.45, 7) is 1.52. The number of aryl methyl sites for hydroxylation is 1. The average Bonchev–Trinajstić information content (AvgIpc) is 2.87. The van der Waals surface area contributed by atoms with Crippen molar-refractivity contribution in [3.05, 3.63) is 48.0 Å². The summed E-state index contributed by atoms with van der Waals surface area (Å²) in [5.74, 6) is -2.77. The quantitative estimate of drug-likeness (QED) is 0.209.